The number of carbonyl (C=O) groups is 2. The molecule has 1 aliphatic rings. The summed E-state index contributed by atoms with van der Waals surface area (Å²) in [5.74, 6) is -1.03. The van der Waals surface area contributed by atoms with Gasteiger partial charge in [-0.05, 0) is 0 Å². The Hall–Kier alpha value is -0.910. The number of rotatable bonds is 2. The second kappa shape index (κ2) is 3.00. The average molecular weight is 176 g/mol. The molecule has 0 aromatic rings. The number of thiol groups is 1. The van der Waals surface area contributed by atoms with Crippen LogP contribution < -0.4 is 10.6 Å². The van der Waals surface area contributed by atoms with Gasteiger partial charge in [-0.25, -0.2) is 4.79 Å². The molecule has 0 aliphatic carbocycles. The zero-order valence-electron chi connectivity index (χ0n) is 5.57. The second-order valence-corrected chi connectivity index (χ2v) is 2.80. The molecule has 1 aliphatic heterocycles. The molecule has 2 amide bonds. The van der Waals surface area contributed by atoms with Gasteiger partial charge in [-0.3, -0.25) is 4.79 Å². The van der Waals surface area contributed by atoms with E-state index in [-0.39, 0.29) is 6.03 Å². The van der Waals surface area contributed by atoms with Crippen LogP contribution in [0.2, 0.25) is 0 Å². The smallest absolute Gasteiger partial charge is 0.318 e. The summed E-state index contributed by atoms with van der Waals surface area (Å²) in [7, 11) is 0. The molecule has 0 radical (unpaired) electrons. The maximum Gasteiger partial charge on any atom is 0.318 e. The van der Waals surface area contributed by atoms with Gasteiger partial charge in [0.15, 0.2) is 0 Å². The van der Waals surface area contributed by atoms with Crippen LogP contribution in [0, 0.1) is 0 Å². The molecule has 0 saturated carbocycles. The monoisotopic (exact) mass is 176 g/mol. The SMILES string of the molecule is O=C1NCC(C(S)C(=O)O)N1. The first kappa shape index (κ1) is 8.19. The molecule has 0 bridgehead atoms. The predicted molar refractivity (Wildman–Crippen MR) is 40.7 cm³/mol. The molecule has 1 saturated heterocycles. The van der Waals surface area contributed by atoms with Gasteiger partial charge in [-0.2, -0.15) is 12.6 Å². The molecule has 0 aromatic heterocycles. The molecule has 6 heteroatoms. The van der Waals surface area contributed by atoms with Gasteiger partial charge in [0.2, 0.25) is 0 Å². The summed E-state index contributed by atoms with van der Waals surface area (Å²) >= 11 is 3.81. The lowest BCUT2D eigenvalue weighted by Crippen LogP contribution is -2.39. The van der Waals surface area contributed by atoms with E-state index in [0.717, 1.165) is 0 Å². The number of hydrogen-bond donors (Lipinski definition) is 4. The zero-order valence-corrected chi connectivity index (χ0v) is 6.47. The fourth-order valence-corrected chi connectivity index (χ4v) is 1.02. The highest BCUT2D eigenvalue weighted by Crippen LogP contribution is 2.04. The molecular formula is C5H8N2O3S. The summed E-state index contributed by atoms with van der Waals surface area (Å²) in [6, 6.07) is -0.751. The normalized spacial score (nSPS) is 25.5. The lowest BCUT2D eigenvalue weighted by Gasteiger charge is -2.11. The topological polar surface area (TPSA) is 78.4 Å². The van der Waals surface area contributed by atoms with Crippen molar-refractivity contribution in [1.29, 1.82) is 0 Å². The largest absolute Gasteiger partial charge is 0.480 e. The number of nitrogens with one attached hydrogen (secondary N) is 2. The molecule has 1 rings (SSSR count). The summed E-state index contributed by atoms with van der Waals surface area (Å²) in [6.07, 6.45) is 0. The third-order valence-corrected chi connectivity index (χ3v) is 2.01. The Morgan fingerprint density at radius 2 is 2.45 bits per heavy atom. The highest BCUT2D eigenvalue weighted by atomic mass is 32.1. The van der Waals surface area contributed by atoms with E-state index in [1.807, 2.05) is 0 Å². The molecule has 1 fully saturated rings. The molecule has 2 atom stereocenters. The second-order valence-electron chi connectivity index (χ2n) is 2.24. The molecular weight excluding hydrogens is 168 g/mol. The highest BCUT2D eigenvalue weighted by molar-refractivity contribution is 7.81. The van der Waals surface area contributed by atoms with Crippen LogP contribution in [0.5, 0.6) is 0 Å². The third-order valence-electron chi connectivity index (χ3n) is 1.43. The molecule has 62 valence electrons. The summed E-state index contributed by atoms with van der Waals surface area (Å²) in [5, 5.41) is 12.5. The standard InChI is InChI=1S/C5H8N2O3S/c8-4(9)3(11)2-1-6-5(10)7-2/h2-3,11H,1H2,(H,8,9)(H2,6,7,10). The van der Waals surface area contributed by atoms with Crippen LogP contribution in [0.15, 0.2) is 0 Å². The highest BCUT2D eigenvalue weighted by Gasteiger charge is 2.30. The van der Waals surface area contributed by atoms with Crippen LogP contribution in [0.1, 0.15) is 0 Å². The van der Waals surface area contributed by atoms with E-state index >= 15 is 0 Å². The number of urea groups is 1. The van der Waals surface area contributed by atoms with Crippen molar-refractivity contribution in [2.24, 2.45) is 0 Å². The Bertz CT molecular complexity index is 196. The van der Waals surface area contributed by atoms with Crippen LogP contribution in [0.4, 0.5) is 4.79 Å². The van der Waals surface area contributed by atoms with E-state index in [2.05, 4.69) is 23.3 Å². The third kappa shape index (κ3) is 1.76. The minimum atomic E-state index is -1.03. The summed E-state index contributed by atoms with van der Waals surface area (Å²) < 4.78 is 0. The van der Waals surface area contributed by atoms with Gasteiger partial charge in [0, 0.05) is 6.54 Å². The van der Waals surface area contributed by atoms with Crippen LogP contribution in [0.25, 0.3) is 0 Å². The Kier molecular flexibility index (Phi) is 2.23. The van der Waals surface area contributed by atoms with E-state index in [9.17, 15) is 9.59 Å². The van der Waals surface area contributed by atoms with Gasteiger partial charge >= 0.3 is 12.0 Å². The van der Waals surface area contributed by atoms with Crippen LogP contribution >= 0.6 is 12.6 Å². The van der Waals surface area contributed by atoms with Crippen molar-refractivity contribution in [3.63, 3.8) is 0 Å². The minimum absolute atomic E-state index is 0.319. The number of aliphatic carboxylic acids is 1. The predicted octanol–water partition coefficient (Wildman–Crippen LogP) is -0.949. The number of carboxylic acids is 1. The van der Waals surface area contributed by atoms with Gasteiger partial charge in [-0.15, -0.1) is 0 Å². The van der Waals surface area contributed by atoms with Gasteiger partial charge in [0.05, 0.1) is 6.04 Å². The Balaban J connectivity index is 2.49. The van der Waals surface area contributed by atoms with E-state index in [4.69, 9.17) is 5.11 Å². The summed E-state index contributed by atoms with van der Waals surface area (Å²) in [4.78, 5) is 20.9. The van der Waals surface area contributed by atoms with E-state index in [0.29, 0.717) is 6.54 Å². The zero-order chi connectivity index (χ0) is 8.43. The molecule has 11 heavy (non-hydrogen) atoms. The van der Waals surface area contributed by atoms with Crippen LogP contribution in [0.3, 0.4) is 0 Å². The Labute approximate surface area is 68.6 Å². The van der Waals surface area contributed by atoms with Crippen molar-refractivity contribution >= 4 is 24.6 Å². The summed E-state index contributed by atoms with van der Waals surface area (Å²) in [5.41, 5.74) is 0. The van der Waals surface area contributed by atoms with Crippen molar-refractivity contribution in [3.05, 3.63) is 0 Å². The van der Waals surface area contributed by atoms with E-state index in [1.54, 1.807) is 0 Å². The Morgan fingerprint density at radius 3 is 2.82 bits per heavy atom. The first-order valence-corrected chi connectivity index (χ1v) is 3.58. The number of hydrogen-bond acceptors (Lipinski definition) is 3. The van der Waals surface area contributed by atoms with Gasteiger partial charge in [-0.1, -0.05) is 0 Å². The molecule has 3 N–H and O–H groups in total. The van der Waals surface area contributed by atoms with Gasteiger partial charge < -0.3 is 15.7 Å². The van der Waals surface area contributed by atoms with Crippen molar-refractivity contribution < 1.29 is 14.7 Å². The van der Waals surface area contributed by atoms with Crippen LogP contribution in [-0.2, 0) is 4.79 Å². The van der Waals surface area contributed by atoms with Crippen molar-refractivity contribution in [2.45, 2.75) is 11.3 Å². The van der Waals surface area contributed by atoms with E-state index in [1.165, 1.54) is 0 Å². The number of amides is 2. The van der Waals surface area contributed by atoms with Crippen LogP contribution in [-0.4, -0.2) is 34.9 Å². The quantitative estimate of drug-likeness (QED) is 0.410. The fraction of sp³-hybridized carbons (Fsp3) is 0.600. The maximum atomic E-state index is 10.5. The number of carbonyl (C=O) groups excluding carboxylic acids is 1. The minimum Gasteiger partial charge on any atom is -0.480 e. The molecule has 0 spiro atoms. The first-order chi connectivity index (χ1) is 5.11. The molecule has 0 aromatic carbocycles. The average Bonchev–Trinajstić information content (AvgIpc) is 2.34. The Morgan fingerprint density at radius 1 is 1.82 bits per heavy atom. The molecule has 1 heterocycles. The van der Waals surface area contributed by atoms with Gasteiger partial charge in [0.25, 0.3) is 0 Å². The molecule has 5 nitrogen and oxygen atoms in total. The lowest BCUT2D eigenvalue weighted by molar-refractivity contribution is -0.136. The van der Waals surface area contributed by atoms with Gasteiger partial charge in [0.1, 0.15) is 5.25 Å². The van der Waals surface area contributed by atoms with Crippen molar-refractivity contribution in [2.75, 3.05) is 6.54 Å². The summed E-state index contributed by atoms with van der Waals surface area (Å²) in [6.45, 7) is 0.319. The van der Waals surface area contributed by atoms with E-state index < -0.39 is 17.3 Å². The number of carboxylic acid groups (broad SMARTS) is 1. The maximum absolute atomic E-state index is 10.5. The lowest BCUT2D eigenvalue weighted by atomic mass is 10.2. The fourth-order valence-electron chi connectivity index (χ4n) is 0.836. The first-order valence-electron chi connectivity index (χ1n) is 3.06. The van der Waals surface area contributed by atoms with Crippen molar-refractivity contribution in [3.8, 4) is 0 Å². The van der Waals surface area contributed by atoms with Crippen molar-refractivity contribution in [1.82, 2.24) is 10.6 Å². The molecule has 2 unspecified atom stereocenters.